The van der Waals surface area contributed by atoms with Crippen LogP contribution in [-0.4, -0.2) is 35.5 Å². The largest absolute Gasteiger partial charge is 0.360 e. The van der Waals surface area contributed by atoms with E-state index in [1.807, 2.05) is 30.3 Å². The normalized spacial score (nSPS) is 10.3. The molecule has 0 bridgehead atoms. The highest BCUT2D eigenvalue weighted by atomic mass is 32.2. The molecule has 1 aromatic heterocycles. The molecule has 1 N–H and O–H groups in total. The van der Waals surface area contributed by atoms with E-state index in [2.05, 4.69) is 10.5 Å². The summed E-state index contributed by atoms with van der Waals surface area (Å²) < 4.78 is 4.86. The van der Waals surface area contributed by atoms with Crippen LogP contribution in [0.3, 0.4) is 0 Å². The number of para-hydroxylation sites is 1. The van der Waals surface area contributed by atoms with Crippen LogP contribution in [0.25, 0.3) is 0 Å². The van der Waals surface area contributed by atoms with Gasteiger partial charge in [0.05, 0.1) is 11.5 Å². The lowest BCUT2D eigenvalue weighted by Gasteiger charge is -2.16. The molecule has 0 aliphatic rings. The van der Waals surface area contributed by atoms with Gasteiger partial charge in [-0.3, -0.25) is 9.59 Å². The summed E-state index contributed by atoms with van der Waals surface area (Å²) in [5.74, 6) is 1.16. The van der Waals surface area contributed by atoms with Gasteiger partial charge in [-0.2, -0.15) is 0 Å². The van der Waals surface area contributed by atoms with Gasteiger partial charge < -0.3 is 14.7 Å². The monoisotopic (exact) mass is 319 g/mol. The van der Waals surface area contributed by atoms with Gasteiger partial charge in [0.2, 0.25) is 11.8 Å². The van der Waals surface area contributed by atoms with Crippen LogP contribution in [0.2, 0.25) is 0 Å². The van der Waals surface area contributed by atoms with Crippen molar-refractivity contribution in [2.75, 3.05) is 28.8 Å². The quantitative estimate of drug-likeness (QED) is 0.884. The number of anilines is 2. The summed E-state index contributed by atoms with van der Waals surface area (Å²) in [6, 6.07) is 11.0. The fourth-order valence-corrected chi connectivity index (χ4v) is 2.46. The zero-order valence-corrected chi connectivity index (χ0v) is 13.2. The first-order valence-corrected chi connectivity index (χ1v) is 7.84. The van der Waals surface area contributed by atoms with Crippen molar-refractivity contribution in [3.63, 3.8) is 0 Å². The molecule has 0 aliphatic heterocycles. The predicted octanol–water partition coefficient (Wildman–Crippen LogP) is 2.32. The fraction of sp³-hybridized carbons (Fsp3) is 0.267. The van der Waals surface area contributed by atoms with Gasteiger partial charge in [0.25, 0.3) is 0 Å². The average molecular weight is 319 g/mol. The Labute approximate surface area is 132 Å². The molecule has 2 rings (SSSR count). The number of carbonyl (C=O) groups excluding carboxylic acids is 2. The fourth-order valence-electron chi connectivity index (χ4n) is 1.73. The molecule has 6 nitrogen and oxygen atoms in total. The SMILES string of the molecule is Cc1cc(NC(=O)CSCC(=O)N(C)c2ccccc2)no1. The predicted molar refractivity (Wildman–Crippen MR) is 87.0 cm³/mol. The lowest BCUT2D eigenvalue weighted by molar-refractivity contribution is -0.115. The van der Waals surface area contributed by atoms with Crippen molar-refractivity contribution in [2.45, 2.75) is 6.92 Å². The molecule has 0 fully saturated rings. The van der Waals surface area contributed by atoms with Gasteiger partial charge in [0.15, 0.2) is 5.82 Å². The Kier molecular flexibility index (Phi) is 5.60. The van der Waals surface area contributed by atoms with Crippen LogP contribution in [0.15, 0.2) is 40.9 Å². The first kappa shape index (κ1) is 16.1. The molecule has 2 aromatic rings. The Hall–Kier alpha value is -2.28. The number of hydrogen-bond donors (Lipinski definition) is 1. The Balaban J connectivity index is 1.73. The molecule has 2 amide bonds. The summed E-state index contributed by atoms with van der Waals surface area (Å²) in [4.78, 5) is 25.3. The second-order valence-electron chi connectivity index (χ2n) is 4.65. The van der Waals surface area contributed by atoms with Crippen molar-refractivity contribution in [3.05, 3.63) is 42.2 Å². The summed E-state index contributed by atoms with van der Waals surface area (Å²) in [6.07, 6.45) is 0. The molecule has 0 aliphatic carbocycles. The van der Waals surface area contributed by atoms with E-state index in [4.69, 9.17) is 4.52 Å². The maximum Gasteiger partial charge on any atom is 0.236 e. The van der Waals surface area contributed by atoms with Crippen molar-refractivity contribution >= 4 is 35.1 Å². The van der Waals surface area contributed by atoms with Gasteiger partial charge in [-0.15, -0.1) is 11.8 Å². The lowest BCUT2D eigenvalue weighted by Crippen LogP contribution is -2.28. The van der Waals surface area contributed by atoms with Crippen LogP contribution in [0.5, 0.6) is 0 Å². The number of nitrogens with zero attached hydrogens (tertiary/aromatic N) is 2. The molecule has 116 valence electrons. The number of hydrogen-bond acceptors (Lipinski definition) is 5. The standard InChI is InChI=1S/C15H17N3O3S/c1-11-8-13(17-21-11)16-14(19)9-22-10-15(20)18(2)12-6-4-3-5-7-12/h3-8H,9-10H2,1-2H3,(H,16,17,19). The van der Waals surface area contributed by atoms with E-state index in [1.54, 1.807) is 24.9 Å². The zero-order valence-electron chi connectivity index (χ0n) is 12.4. The molecular formula is C15H17N3O3S. The van der Waals surface area contributed by atoms with Gasteiger partial charge in [-0.25, -0.2) is 0 Å². The van der Waals surface area contributed by atoms with Crippen molar-refractivity contribution in [1.82, 2.24) is 5.16 Å². The highest BCUT2D eigenvalue weighted by Gasteiger charge is 2.12. The molecule has 1 aromatic carbocycles. The Morgan fingerprint density at radius 3 is 2.64 bits per heavy atom. The number of thioether (sulfide) groups is 1. The van der Waals surface area contributed by atoms with Crippen LogP contribution in [0, 0.1) is 6.92 Å². The number of aryl methyl sites for hydroxylation is 1. The number of carbonyl (C=O) groups is 2. The molecule has 0 saturated heterocycles. The minimum atomic E-state index is -0.214. The molecule has 0 unspecified atom stereocenters. The van der Waals surface area contributed by atoms with Gasteiger partial charge in [0.1, 0.15) is 5.76 Å². The zero-order chi connectivity index (χ0) is 15.9. The van der Waals surface area contributed by atoms with Crippen LogP contribution in [-0.2, 0) is 9.59 Å². The van der Waals surface area contributed by atoms with Crippen molar-refractivity contribution in [3.8, 4) is 0 Å². The molecule has 7 heteroatoms. The molecule has 22 heavy (non-hydrogen) atoms. The molecule has 1 heterocycles. The summed E-state index contributed by atoms with van der Waals surface area (Å²) in [7, 11) is 1.72. The van der Waals surface area contributed by atoms with E-state index in [0.29, 0.717) is 11.6 Å². The van der Waals surface area contributed by atoms with Crippen molar-refractivity contribution < 1.29 is 14.1 Å². The van der Waals surface area contributed by atoms with Crippen molar-refractivity contribution in [2.24, 2.45) is 0 Å². The number of aromatic nitrogens is 1. The topological polar surface area (TPSA) is 75.4 Å². The number of rotatable bonds is 6. The maximum atomic E-state index is 12.0. The molecule has 0 saturated carbocycles. The number of amides is 2. The van der Waals surface area contributed by atoms with Gasteiger partial charge in [0, 0.05) is 18.8 Å². The van der Waals surface area contributed by atoms with Crippen LogP contribution < -0.4 is 10.2 Å². The summed E-state index contributed by atoms with van der Waals surface area (Å²) >= 11 is 1.26. The summed E-state index contributed by atoms with van der Waals surface area (Å²) in [5.41, 5.74) is 0.829. The molecule has 0 atom stereocenters. The summed E-state index contributed by atoms with van der Waals surface area (Å²) in [5, 5.41) is 6.28. The summed E-state index contributed by atoms with van der Waals surface area (Å²) in [6.45, 7) is 1.75. The third-order valence-electron chi connectivity index (χ3n) is 2.87. The van der Waals surface area contributed by atoms with E-state index in [0.717, 1.165) is 5.69 Å². The second-order valence-corrected chi connectivity index (χ2v) is 5.64. The highest BCUT2D eigenvalue weighted by Crippen LogP contribution is 2.13. The third-order valence-corrected chi connectivity index (χ3v) is 3.79. The van der Waals surface area contributed by atoms with Crippen LogP contribution in [0.4, 0.5) is 11.5 Å². The Bertz CT molecular complexity index is 642. The average Bonchev–Trinajstić information content (AvgIpc) is 2.92. The van der Waals surface area contributed by atoms with E-state index in [1.165, 1.54) is 11.8 Å². The van der Waals surface area contributed by atoms with E-state index in [-0.39, 0.29) is 23.3 Å². The van der Waals surface area contributed by atoms with E-state index >= 15 is 0 Å². The first-order valence-electron chi connectivity index (χ1n) is 6.69. The Morgan fingerprint density at radius 1 is 1.27 bits per heavy atom. The van der Waals surface area contributed by atoms with Crippen molar-refractivity contribution in [1.29, 1.82) is 0 Å². The minimum Gasteiger partial charge on any atom is -0.360 e. The number of nitrogens with one attached hydrogen (secondary N) is 1. The second kappa shape index (κ2) is 7.65. The minimum absolute atomic E-state index is 0.0544. The first-order chi connectivity index (χ1) is 10.6. The highest BCUT2D eigenvalue weighted by molar-refractivity contribution is 8.00. The van der Waals surface area contributed by atoms with Crippen LogP contribution >= 0.6 is 11.8 Å². The van der Waals surface area contributed by atoms with Gasteiger partial charge in [-0.1, -0.05) is 23.4 Å². The molecule has 0 spiro atoms. The Morgan fingerprint density at radius 2 is 2.00 bits per heavy atom. The van der Waals surface area contributed by atoms with Gasteiger partial charge in [-0.05, 0) is 19.1 Å². The molecule has 0 radical (unpaired) electrons. The van der Waals surface area contributed by atoms with E-state index in [9.17, 15) is 9.59 Å². The smallest absolute Gasteiger partial charge is 0.236 e. The van der Waals surface area contributed by atoms with Crippen LogP contribution in [0.1, 0.15) is 5.76 Å². The molecular weight excluding hydrogens is 302 g/mol. The maximum absolute atomic E-state index is 12.0. The van der Waals surface area contributed by atoms with Gasteiger partial charge >= 0.3 is 0 Å². The number of benzene rings is 1. The third kappa shape index (κ3) is 4.63. The lowest BCUT2D eigenvalue weighted by atomic mass is 10.3. The van der Waals surface area contributed by atoms with E-state index < -0.39 is 0 Å².